The van der Waals surface area contributed by atoms with Crippen molar-refractivity contribution in [1.29, 1.82) is 0 Å². The first kappa shape index (κ1) is 45.8. The van der Waals surface area contributed by atoms with Crippen LogP contribution in [0.4, 0.5) is 9.59 Å². The summed E-state index contributed by atoms with van der Waals surface area (Å²) in [4.78, 5) is 71.0. The number of aromatic amines is 2. The summed E-state index contributed by atoms with van der Waals surface area (Å²) in [5.41, 5.74) is 6.55. The highest BCUT2D eigenvalue weighted by atomic mass is 16.5. The molecule has 20 heteroatoms. The highest BCUT2D eigenvalue weighted by Crippen LogP contribution is 2.46. The van der Waals surface area contributed by atoms with E-state index in [0.717, 1.165) is 63.1 Å². The summed E-state index contributed by atoms with van der Waals surface area (Å²) in [5.74, 6) is 1.97. The lowest BCUT2D eigenvalue weighted by Crippen LogP contribution is -2.53. The number of carbonyl (C=O) groups is 4. The minimum Gasteiger partial charge on any atom is -0.460 e. The van der Waals surface area contributed by atoms with E-state index in [-0.39, 0.29) is 42.8 Å². The molecule has 3 atom stereocenters. The number of methoxy groups -OCH3 is 2. The molecule has 4 N–H and O–H groups in total. The van der Waals surface area contributed by atoms with E-state index in [9.17, 15) is 19.2 Å². The van der Waals surface area contributed by atoms with Crippen molar-refractivity contribution in [2.45, 2.75) is 63.9 Å². The van der Waals surface area contributed by atoms with Crippen molar-refractivity contribution in [2.75, 3.05) is 47.1 Å². The van der Waals surface area contributed by atoms with E-state index >= 15 is 0 Å². The van der Waals surface area contributed by atoms with Crippen LogP contribution >= 0.6 is 0 Å². The second kappa shape index (κ2) is 19.9. The summed E-state index contributed by atoms with van der Waals surface area (Å²) in [6, 6.07) is 22.7. The zero-order valence-corrected chi connectivity index (χ0v) is 39.0. The fourth-order valence-electron chi connectivity index (χ4n) is 9.67. The summed E-state index contributed by atoms with van der Waals surface area (Å²) >= 11 is 0. The maximum atomic E-state index is 14.1. The Labute approximate surface area is 402 Å². The number of fused-ring (bicyclic) bond motifs is 5. The van der Waals surface area contributed by atoms with E-state index < -0.39 is 24.5 Å². The summed E-state index contributed by atoms with van der Waals surface area (Å²) in [6.07, 6.45) is 4.91. The predicted molar refractivity (Wildman–Crippen MR) is 254 cm³/mol. The van der Waals surface area contributed by atoms with Gasteiger partial charge < -0.3 is 53.8 Å². The predicted octanol–water partition coefficient (Wildman–Crippen LogP) is 6.99. The third kappa shape index (κ3) is 9.16. The lowest BCUT2D eigenvalue weighted by molar-refractivity contribution is -0.136. The average Bonchev–Trinajstić information content (AvgIpc) is 4.27. The molecule has 2 saturated heterocycles. The second-order valence-electron chi connectivity index (χ2n) is 17.5. The fourth-order valence-corrected chi connectivity index (χ4v) is 9.67. The Morgan fingerprint density at radius 1 is 0.871 bits per heavy atom. The third-order valence-electron chi connectivity index (χ3n) is 13.2. The molecule has 0 spiro atoms. The number of rotatable bonds is 14. The van der Waals surface area contributed by atoms with Gasteiger partial charge in [0.1, 0.15) is 30.0 Å². The lowest BCUT2D eigenvalue weighted by Gasteiger charge is -2.33. The van der Waals surface area contributed by atoms with Crippen LogP contribution in [0.1, 0.15) is 68.8 Å². The largest absolute Gasteiger partial charge is 0.460 e. The average molecular weight is 952 g/mol. The number of benzene rings is 3. The monoisotopic (exact) mass is 951 g/mol. The minimum atomic E-state index is -0.834. The van der Waals surface area contributed by atoms with Crippen molar-refractivity contribution in [1.82, 2.24) is 55.1 Å². The maximum absolute atomic E-state index is 14.1. The van der Waals surface area contributed by atoms with Crippen molar-refractivity contribution >= 4 is 34.9 Å². The second-order valence-corrected chi connectivity index (χ2v) is 17.5. The lowest BCUT2D eigenvalue weighted by atomic mass is 9.90. The molecule has 3 aromatic carbocycles. The molecule has 4 amide bonds. The van der Waals surface area contributed by atoms with E-state index in [4.69, 9.17) is 28.6 Å². The molecule has 0 radical (unpaired) electrons. The molecule has 0 aliphatic carbocycles. The number of H-pyrrole nitrogens is 2. The Hall–Kier alpha value is -8.00. The molecule has 4 aromatic heterocycles. The van der Waals surface area contributed by atoms with Gasteiger partial charge in [-0.05, 0) is 80.5 Å². The quantitative estimate of drug-likeness (QED) is 0.0862. The molecule has 3 unspecified atom stereocenters. The van der Waals surface area contributed by atoms with Gasteiger partial charge in [0, 0.05) is 53.9 Å². The minimum absolute atomic E-state index is 0.0837. The molecule has 0 saturated carbocycles. The summed E-state index contributed by atoms with van der Waals surface area (Å²) in [5, 5.41) is 15.1. The van der Waals surface area contributed by atoms with E-state index in [0.29, 0.717) is 68.9 Å². The number of ether oxygens (including phenoxy) is 4. The summed E-state index contributed by atoms with van der Waals surface area (Å²) in [7, 11) is 2.55. The van der Waals surface area contributed by atoms with Crippen LogP contribution in [0, 0.1) is 5.92 Å². The van der Waals surface area contributed by atoms with Gasteiger partial charge in [0.05, 0.1) is 61.8 Å². The number of likely N-dealkylation sites (tertiary alicyclic amines) is 1. The van der Waals surface area contributed by atoms with Crippen molar-refractivity contribution in [3.63, 3.8) is 0 Å². The first-order valence-electron chi connectivity index (χ1n) is 23.5. The number of hydrogen-bond acceptors (Lipinski definition) is 13. The molecule has 10 rings (SSSR count). The smallest absolute Gasteiger partial charge is 0.407 e. The van der Waals surface area contributed by atoms with Crippen LogP contribution in [-0.2, 0) is 30.3 Å². The standard InChI is InChI=1S/C50H53N11O9/c1-4-18-59(47(63)43(56-50(65)67-3)29-16-20-68-21-17-29)28-41-51-25-35(54-41)31-13-15-37-33(22-31)23-39-34-14-12-32(36-26-52-44(55-36)38-11-8-19-60(38)42(62)27-53-49(64)66-2)24-40(34)69-48(61(37)39)46-58-57-45(70-46)30-9-6-5-7-10-30/h5-7,9-10,12-15,22-26,29,38,43,48H,4,8,11,16-21,27-28H2,1-3H3,(H,51,54)(H,52,55)(H,53,64)(H,56,65). The van der Waals surface area contributed by atoms with Gasteiger partial charge in [-0.3, -0.25) is 14.2 Å². The molecule has 3 aliphatic heterocycles. The Balaban J connectivity index is 0.948. The van der Waals surface area contributed by atoms with E-state index in [1.54, 1.807) is 22.2 Å². The van der Waals surface area contributed by atoms with Crippen molar-refractivity contribution in [2.24, 2.45) is 5.92 Å². The van der Waals surface area contributed by atoms with Crippen LogP contribution in [0.25, 0.3) is 56.1 Å². The number of nitrogens with zero attached hydrogens (tertiary/aromatic N) is 7. The number of amides is 4. The zero-order chi connectivity index (χ0) is 48.3. The van der Waals surface area contributed by atoms with Gasteiger partial charge >= 0.3 is 12.2 Å². The van der Waals surface area contributed by atoms with E-state index in [1.807, 2.05) is 67.6 Å². The summed E-state index contributed by atoms with van der Waals surface area (Å²) in [6.45, 7) is 4.13. The van der Waals surface area contributed by atoms with Gasteiger partial charge in [-0.2, -0.15) is 0 Å². The van der Waals surface area contributed by atoms with Crippen LogP contribution in [0.5, 0.6) is 5.75 Å². The zero-order valence-electron chi connectivity index (χ0n) is 39.0. The molecule has 2 fully saturated rings. The van der Waals surface area contributed by atoms with Crippen LogP contribution in [-0.4, -0.2) is 122 Å². The molecule has 3 aliphatic rings. The first-order valence-corrected chi connectivity index (χ1v) is 23.5. The molecule has 7 aromatic rings. The fraction of sp³-hybridized carbons (Fsp3) is 0.360. The first-order chi connectivity index (χ1) is 34.2. The van der Waals surface area contributed by atoms with Gasteiger partial charge in [-0.25, -0.2) is 19.6 Å². The number of imidazole rings is 2. The van der Waals surface area contributed by atoms with Crippen LogP contribution < -0.4 is 15.4 Å². The number of nitrogens with one attached hydrogen (secondary N) is 4. The van der Waals surface area contributed by atoms with Crippen molar-refractivity contribution in [3.8, 4) is 51.0 Å². The highest BCUT2D eigenvalue weighted by Gasteiger charge is 2.37. The van der Waals surface area contributed by atoms with Gasteiger partial charge in [0.25, 0.3) is 12.1 Å². The number of carbonyl (C=O) groups excluding carboxylic acids is 4. The number of aromatic nitrogens is 7. The number of alkyl carbamates (subject to hydrolysis) is 2. The highest BCUT2D eigenvalue weighted by molar-refractivity contribution is 5.92. The van der Waals surface area contributed by atoms with Crippen LogP contribution in [0.3, 0.4) is 0 Å². The van der Waals surface area contributed by atoms with Crippen LogP contribution in [0.2, 0.25) is 0 Å². The Bertz CT molecular complexity index is 3030. The van der Waals surface area contributed by atoms with Gasteiger partial charge in [0.2, 0.25) is 17.7 Å². The Morgan fingerprint density at radius 2 is 1.64 bits per heavy atom. The van der Waals surface area contributed by atoms with Gasteiger partial charge in [0.15, 0.2) is 0 Å². The van der Waals surface area contributed by atoms with Crippen LogP contribution in [0.15, 0.2) is 89.6 Å². The molecule has 0 bridgehead atoms. The Kier molecular flexibility index (Phi) is 13.0. The molecule has 362 valence electrons. The topological polar surface area (TPSA) is 237 Å². The molecular formula is C50H53N11O9. The molecule has 7 heterocycles. The molecule has 70 heavy (non-hydrogen) atoms. The summed E-state index contributed by atoms with van der Waals surface area (Å²) < 4.78 is 30.4. The SMILES string of the molecule is CCCN(Cc1ncc(-c2ccc3c(c2)cc2n3C(c3nnc(-c4ccccc4)o3)Oc3cc(-c4cnc(C5CCCN5C(=O)CNC(=O)OC)[nH]4)ccc3-2)[nH]1)C(=O)C(NC(=O)OC)C1CCOCC1. The molecular weight excluding hydrogens is 899 g/mol. The maximum Gasteiger partial charge on any atom is 0.407 e. The Morgan fingerprint density at radius 3 is 2.44 bits per heavy atom. The van der Waals surface area contributed by atoms with E-state index in [2.05, 4.69) is 52.2 Å². The molecule has 20 nitrogen and oxygen atoms in total. The van der Waals surface area contributed by atoms with Gasteiger partial charge in [-0.1, -0.05) is 37.3 Å². The van der Waals surface area contributed by atoms with Crippen molar-refractivity contribution < 1.29 is 42.5 Å². The van der Waals surface area contributed by atoms with Gasteiger partial charge in [-0.15, -0.1) is 10.2 Å². The normalized spacial score (nSPS) is 17.0. The van der Waals surface area contributed by atoms with E-state index in [1.165, 1.54) is 14.2 Å². The van der Waals surface area contributed by atoms with Crippen molar-refractivity contribution in [3.05, 3.63) is 103 Å². The number of hydrogen-bond donors (Lipinski definition) is 4. The third-order valence-corrected chi connectivity index (χ3v) is 13.2.